The van der Waals surface area contributed by atoms with E-state index in [0.29, 0.717) is 0 Å². The van der Waals surface area contributed by atoms with Gasteiger partial charge in [-0.3, -0.25) is 0 Å². The molecular weight excluding hydrogens is 174 g/mol. The van der Waals surface area contributed by atoms with Crippen LogP contribution in [0.15, 0.2) is 5.11 Å². The molecule has 2 atom stereocenters. The summed E-state index contributed by atoms with van der Waals surface area (Å²) in [6, 6.07) is 0.0250. The summed E-state index contributed by atoms with van der Waals surface area (Å²) in [6.45, 7) is 0. The Hall–Kier alpha value is -0.400. The van der Waals surface area contributed by atoms with Crippen molar-refractivity contribution < 1.29 is 0 Å². The minimum absolute atomic E-state index is 0.0250. The summed E-state index contributed by atoms with van der Waals surface area (Å²) >= 11 is 6.07. The molecule has 0 saturated heterocycles. The highest BCUT2D eigenvalue weighted by Gasteiger charge is 2.18. The highest BCUT2D eigenvalue weighted by Crippen LogP contribution is 2.23. The molecule has 1 aliphatic carbocycles. The van der Waals surface area contributed by atoms with Gasteiger partial charge in [0.25, 0.3) is 0 Å². The second kappa shape index (κ2) is 5.28. The van der Waals surface area contributed by atoms with Crippen molar-refractivity contribution >= 4 is 11.6 Å². The summed E-state index contributed by atoms with van der Waals surface area (Å²) in [5.74, 6) is 0. The number of nitrogens with zero attached hydrogens (tertiary/aromatic N) is 3. The Balaban J connectivity index is 2.48. The van der Waals surface area contributed by atoms with E-state index >= 15 is 0 Å². The maximum Gasteiger partial charge on any atom is 0.0537 e. The molecule has 68 valence electrons. The highest BCUT2D eigenvalue weighted by molar-refractivity contribution is 6.21. The fraction of sp³-hybridized carbons (Fsp3) is 1.00. The number of hydrogen-bond donors (Lipinski definition) is 0. The van der Waals surface area contributed by atoms with E-state index in [-0.39, 0.29) is 11.4 Å². The SMILES string of the molecule is [N-]=[N+]=NC1CCCCCCC1Cl. The van der Waals surface area contributed by atoms with Crippen LogP contribution in [0.4, 0.5) is 0 Å². The fourth-order valence-corrected chi connectivity index (χ4v) is 1.95. The zero-order valence-electron chi connectivity index (χ0n) is 7.12. The van der Waals surface area contributed by atoms with Gasteiger partial charge >= 0.3 is 0 Å². The second-order valence-electron chi connectivity index (χ2n) is 3.28. The molecule has 0 radical (unpaired) electrons. The summed E-state index contributed by atoms with van der Waals surface area (Å²) < 4.78 is 0. The summed E-state index contributed by atoms with van der Waals surface area (Å²) in [4.78, 5) is 2.82. The first kappa shape index (κ1) is 9.69. The maximum atomic E-state index is 8.30. The predicted molar refractivity (Wildman–Crippen MR) is 50.3 cm³/mol. The van der Waals surface area contributed by atoms with Gasteiger partial charge in [-0.05, 0) is 18.4 Å². The van der Waals surface area contributed by atoms with Gasteiger partial charge in [0.2, 0.25) is 0 Å². The topological polar surface area (TPSA) is 48.8 Å². The number of rotatable bonds is 1. The Morgan fingerprint density at radius 1 is 1.17 bits per heavy atom. The van der Waals surface area contributed by atoms with Gasteiger partial charge in [-0.2, -0.15) is 0 Å². The minimum atomic E-state index is 0.0250. The third kappa shape index (κ3) is 2.92. The van der Waals surface area contributed by atoms with Gasteiger partial charge in [0, 0.05) is 10.3 Å². The van der Waals surface area contributed by atoms with Crippen LogP contribution in [0.3, 0.4) is 0 Å². The molecule has 0 bridgehead atoms. The van der Waals surface area contributed by atoms with Gasteiger partial charge in [0.05, 0.1) is 6.04 Å². The molecule has 0 N–H and O–H groups in total. The molecular formula is C8H14ClN3. The van der Waals surface area contributed by atoms with Gasteiger partial charge in [-0.1, -0.05) is 30.8 Å². The van der Waals surface area contributed by atoms with Crippen molar-refractivity contribution in [1.29, 1.82) is 0 Å². The molecule has 0 aromatic carbocycles. The average molecular weight is 188 g/mol. The van der Waals surface area contributed by atoms with Crippen molar-refractivity contribution in [2.24, 2.45) is 5.11 Å². The number of azide groups is 1. The third-order valence-corrected chi connectivity index (χ3v) is 2.86. The van der Waals surface area contributed by atoms with Crippen molar-refractivity contribution in [3.05, 3.63) is 10.4 Å². The Morgan fingerprint density at radius 2 is 1.83 bits per heavy atom. The lowest BCUT2D eigenvalue weighted by atomic mass is 9.97. The van der Waals surface area contributed by atoms with Crippen LogP contribution in [0.1, 0.15) is 38.5 Å². The standard InChI is InChI=1S/C8H14ClN3/c9-7-5-3-1-2-4-6-8(7)11-12-10/h7-8H,1-6H2. The van der Waals surface area contributed by atoms with E-state index in [0.717, 1.165) is 19.3 Å². The monoisotopic (exact) mass is 187 g/mol. The van der Waals surface area contributed by atoms with Crippen LogP contribution in [0.5, 0.6) is 0 Å². The van der Waals surface area contributed by atoms with Gasteiger partial charge in [0.15, 0.2) is 0 Å². The van der Waals surface area contributed by atoms with E-state index in [1.807, 2.05) is 0 Å². The fourth-order valence-electron chi connectivity index (χ4n) is 1.62. The third-order valence-electron chi connectivity index (χ3n) is 2.35. The van der Waals surface area contributed by atoms with Crippen LogP contribution in [-0.2, 0) is 0 Å². The molecule has 0 amide bonds. The maximum absolute atomic E-state index is 8.30. The molecule has 0 aromatic heterocycles. The molecule has 1 aliphatic rings. The first-order valence-electron chi connectivity index (χ1n) is 4.53. The normalized spacial score (nSPS) is 31.4. The number of hydrogen-bond acceptors (Lipinski definition) is 1. The van der Waals surface area contributed by atoms with E-state index in [4.69, 9.17) is 17.1 Å². The summed E-state index contributed by atoms with van der Waals surface area (Å²) in [5, 5.41) is 3.77. The largest absolute Gasteiger partial charge is 0.123 e. The Bertz CT molecular complexity index is 177. The van der Waals surface area contributed by atoms with E-state index < -0.39 is 0 Å². The minimum Gasteiger partial charge on any atom is -0.123 e. The molecule has 1 saturated carbocycles. The van der Waals surface area contributed by atoms with Crippen molar-refractivity contribution in [3.63, 3.8) is 0 Å². The summed E-state index contributed by atoms with van der Waals surface area (Å²) in [6.07, 6.45) is 6.79. The molecule has 0 heterocycles. The van der Waals surface area contributed by atoms with Gasteiger partial charge in [0.1, 0.15) is 0 Å². The number of alkyl halides is 1. The molecule has 3 nitrogen and oxygen atoms in total. The van der Waals surface area contributed by atoms with Crippen LogP contribution < -0.4 is 0 Å². The van der Waals surface area contributed by atoms with Gasteiger partial charge < -0.3 is 0 Å². The second-order valence-corrected chi connectivity index (χ2v) is 3.84. The number of halogens is 1. The lowest BCUT2D eigenvalue weighted by molar-refractivity contribution is 0.458. The molecule has 1 fully saturated rings. The van der Waals surface area contributed by atoms with E-state index in [1.165, 1.54) is 19.3 Å². The van der Waals surface area contributed by atoms with E-state index in [9.17, 15) is 0 Å². The van der Waals surface area contributed by atoms with Gasteiger partial charge in [-0.15, -0.1) is 11.6 Å². The van der Waals surface area contributed by atoms with Crippen molar-refractivity contribution in [2.75, 3.05) is 0 Å². The smallest absolute Gasteiger partial charge is 0.0537 e. The molecule has 2 unspecified atom stereocenters. The van der Waals surface area contributed by atoms with Crippen LogP contribution in [0, 0.1) is 0 Å². The highest BCUT2D eigenvalue weighted by atomic mass is 35.5. The Labute approximate surface area is 77.7 Å². The molecule has 0 aromatic rings. The molecule has 4 heteroatoms. The van der Waals surface area contributed by atoms with E-state index in [1.54, 1.807) is 0 Å². The molecule has 12 heavy (non-hydrogen) atoms. The average Bonchev–Trinajstić information content (AvgIpc) is 2.05. The summed E-state index contributed by atoms with van der Waals surface area (Å²) in [5.41, 5.74) is 8.30. The lowest BCUT2D eigenvalue weighted by Gasteiger charge is -2.19. The molecule has 1 rings (SSSR count). The van der Waals surface area contributed by atoms with Crippen molar-refractivity contribution in [2.45, 2.75) is 49.9 Å². The summed E-state index contributed by atoms with van der Waals surface area (Å²) in [7, 11) is 0. The van der Waals surface area contributed by atoms with Crippen LogP contribution in [0.25, 0.3) is 10.4 Å². The first-order valence-corrected chi connectivity index (χ1v) is 4.96. The zero-order valence-corrected chi connectivity index (χ0v) is 7.87. The van der Waals surface area contributed by atoms with Crippen molar-refractivity contribution in [1.82, 2.24) is 0 Å². The zero-order chi connectivity index (χ0) is 8.81. The van der Waals surface area contributed by atoms with Crippen LogP contribution in [-0.4, -0.2) is 11.4 Å². The lowest BCUT2D eigenvalue weighted by Crippen LogP contribution is -2.19. The van der Waals surface area contributed by atoms with Gasteiger partial charge in [-0.25, -0.2) is 0 Å². The van der Waals surface area contributed by atoms with Crippen LogP contribution in [0.2, 0.25) is 0 Å². The quantitative estimate of drug-likeness (QED) is 0.261. The molecule has 0 spiro atoms. The molecule has 0 aliphatic heterocycles. The Morgan fingerprint density at radius 3 is 2.50 bits per heavy atom. The predicted octanol–water partition coefficient (Wildman–Crippen LogP) is 3.63. The van der Waals surface area contributed by atoms with Crippen LogP contribution >= 0.6 is 11.6 Å². The first-order chi connectivity index (χ1) is 5.84. The Kier molecular flexibility index (Phi) is 4.26. The van der Waals surface area contributed by atoms with E-state index in [2.05, 4.69) is 10.0 Å². The van der Waals surface area contributed by atoms with Crippen molar-refractivity contribution in [3.8, 4) is 0 Å².